The van der Waals surface area contributed by atoms with Crippen LogP contribution in [0.25, 0.3) is 0 Å². The Bertz CT molecular complexity index is 698. The molecule has 1 saturated heterocycles. The Kier molecular flexibility index (Phi) is 3.48. The van der Waals surface area contributed by atoms with Gasteiger partial charge in [0.15, 0.2) is 0 Å². The van der Waals surface area contributed by atoms with E-state index in [1.807, 2.05) is 13.8 Å². The predicted octanol–water partition coefficient (Wildman–Crippen LogP) is 2.76. The van der Waals surface area contributed by atoms with Gasteiger partial charge in [-0.25, -0.2) is 0 Å². The van der Waals surface area contributed by atoms with Crippen LogP contribution < -0.4 is 5.32 Å². The number of carbonyl (C=O) groups excluding carboxylic acids is 2. The molecule has 1 heterocycles. The maximum atomic E-state index is 13.3. The number of carbonyl (C=O) groups is 3. The third kappa shape index (κ3) is 2.10. The van der Waals surface area contributed by atoms with E-state index in [0.29, 0.717) is 19.3 Å². The van der Waals surface area contributed by atoms with Gasteiger partial charge in [-0.3, -0.25) is 14.4 Å². The van der Waals surface area contributed by atoms with Crippen LogP contribution in [0.3, 0.4) is 0 Å². The van der Waals surface area contributed by atoms with Gasteiger partial charge in [-0.15, -0.1) is 0 Å². The summed E-state index contributed by atoms with van der Waals surface area (Å²) in [5, 5.41) is 12.7. The van der Waals surface area contributed by atoms with Crippen LogP contribution in [0, 0.1) is 40.4 Å². The van der Waals surface area contributed by atoms with E-state index in [4.69, 9.17) is 0 Å². The molecule has 7 atom stereocenters. The van der Waals surface area contributed by atoms with E-state index in [-0.39, 0.29) is 40.8 Å². The number of amides is 1. The quantitative estimate of drug-likeness (QED) is 0.765. The number of nitrogens with one attached hydrogen (secondary N) is 1. The number of allylic oxidation sites excluding steroid dienone is 2. The van der Waals surface area contributed by atoms with Crippen LogP contribution in [-0.4, -0.2) is 22.8 Å². The molecule has 2 saturated carbocycles. The van der Waals surface area contributed by atoms with Crippen LogP contribution in [-0.2, 0) is 14.4 Å². The number of hydrogen-bond donors (Lipinski definition) is 2. The smallest absolute Gasteiger partial charge is 0.307 e. The fourth-order valence-corrected chi connectivity index (χ4v) is 6.78. The highest BCUT2D eigenvalue weighted by atomic mass is 16.4. The Balaban J connectivity index is 1.75. The molecule has 2 N–H and O–H groups in total. The number of fused-ring (bicyclic) bond motifs is 5. The van der Waals surface area contributed by atoms with E-state index < -0.39 is 17.3 Å². The molecule has 5 nitrogen and oxygen atoms in total. The first-order chi connectivity index (χ1) is 11.7. The first-order valence-corrected chi connectivity index (χ1v) is 9.45. The van der Waals surface area contributed by atoms with Crippen molar-refractivity contribution < 1.29 is 19.5 Å². The molecule has 1 amide bonds. The minimum absolute atomic E-state index is 0.0436. The minimum atomic E-state index is -0.756. The van der Waals surface area contributed by atoms with Crippen molar-refractivity contribution in [2.45, 2.75) is 52.9 Å². The standard InChI is InChI=1S/C20H27NO4/c1-10-8-20(3)15(21-17(10)23)7-4-11-12-5-6-13(18(24)25)19(12,2)9-14(22)16(11)20/h7,10-13,16H,4-6,8-9H2,1-3H3,(H,21,23)(H,24,25)/t10-,11?,12?,13?,16?,19-,20-/m0/s1. The van der Waals surface area contributed by atoms with Crippen molar-refractivity contribution in [1.82, 2.24) is 5.32 Å². The zero-order chi connectivity index (χ0) is 18.1. The summed E-state index contributed by atoms with van der Waals surface area (Å²) in [5.41, 5.74) is 0.173. The number of piperidine rings is 1. The lowest BCUT2D eigenvalue weighted by molar-refractivity contribution is -0.155. The second kappa shape index (κ2) is 5.18. The van der Waals surface area contributed by atoms with E-state index in [2.05, 4.69) is 18.3 Å². The van der Waals surface area contributed by atoms with E-state index in [1.54, 1.807) is 0 Å². The highest BCUT2D eigenvalue weighted by Crippen LogP contribution is 2.64. The summed E-state index contributed by atoms with van der Waals surface area (Å²) in [6, 6.07) is 0. The zero-order valence-corrected chi connectivity index (χ0v) is 15.2. The maximum absolute atomic E-state index is 13.3. The van der Waals surface area contributed by atoms with Crippen LogP contribution in [0.4, 0.5) is 0 Å². The highest BCUT2D eigenvalue weighted by Gasteiger charge is 2.63. The Morgan fingerprint density at radius 2 is 2.00 bits per heavy atom. The summed E-state index contributed by atoms with van der Waals surface area (Å²) in [7, 11) is 0. The third-order valence-corrected chi connectivity index (χ3v) is 7.89. The SMILES string of the molecule is C[C@H]1C[C@@]2(C)C(=CCC3C4CCC(C(=O)O)[C@@]4(C)CC(=O)C32)NC1=O. The van der Waals surface area contributed by atoms with Gasteiger partial charge < -0.3 is 10.4 Å². The lowest BCUT2D eigenvalue weighted by Gasteiger charge is -2.56. The molecular formula is C20H27NO4. The summed E-state index contributed by atoms with van der Waals surface area (Å²) in [6.07, 6.45) is 5.50. The molecule has 4 aliphatic rings. The second-order valence-electron chi connectivity index (χ2n) is 9.23. The Labute approximate surface area is 148 Å². The molecule has 0 bridgehead atoms. The number of rotatable bonds is 1. The summed E-state index contributed by atoms with van der Waals surface area (Å²) in [5.74, 6) is -0.641. The maximum Gasteiger partial charge on any atom is 0.307 e. The van der Waals surface area contributed by atoms with Crippen LogP contribution in [0.1, 0.15) is 52.9 Å². The molecular weight excluding hydrogens is 318 g/mol. The van der Waals surface area contributed by atoms with Crippen molar-refractivity contribution in [2.24, 2.45) is 40.4 Å². The van der Waals surface area contributed by atoms with Crippen LogP contribution in [0.15, 0.2) is 11.8 Å². The number of aliphatic carboxylic acids is 1. The van der Waals surface area contributed by atoms with Crippen LogP contribution in [0.5, 0.6) is 0 Å². The van der Waals surface area contributed by atoms with Gasteiger partial charge >= 0.3 is 5.97 Å². The fraction of sp³-hybridized carbons (Fsp3) is 0.750. The molecule has 0 aromatic carbocycles. The van der Waals surface area contributed by atoms with Crippen LogP contribution in [0.2, 0.25) is 0 Å². The Hall–Kier alpha value is -1.65. The van der Waals surface area contributed by atoms with Gasteiger partial charge in [-0.2, -0.15) is 0 Å². The number of ketones is 1. The van der Waals surface area contributed by atoms with Gasteiger partial charge in [0.1, 0.15) is 5.78 Å². The molecule has 1 aliphatic heterocycles. The minimum Gasteiger partial charge on any atom is -0.481 e. The number of hydrogen-bond acceptors (Lipinski definition) is 3. The average Bonchev–Trinajstić information content (AvgIpc) is 2.85. The summed E-state index contributed by atoms with van der Waals surface area (Å²) >= 11 is 0. The number of carboxylic acid groups (broad SMARTS) is 1. The van der Waals surface area contributed by atoms with Crippen LogP contribution >= 0.6 is 0 Å². The number of carboxylic acids is 1. The molecule has 4 unspecified atom stereocenters. The van der Waals surface area contributed by atoms with Gasteiger partial charge in [0.25, 0.3) is 0 Å². The Morgan fingerprint density at radius 3 is 2.68 bits per heavy atom. The van der Waals surface area contributed by atoms with Gasteiger partial charge in [-0.1, -0.05) is 26.8 Å². The van der Waals surface area contributed by atoms with Gasteiger partial charge in [-0.05, 0) is 42.9 Å². The molecule has 0 aromatic rings. The molecule has 3 fully saturated rings. The molecule has 25 heavy (non-hydrogen) atoms. The predicted molar refractivity (Wildman–Crippen MR) is 91.3 cm³/mol. The van der Waals surface area contributed by atoms with Crippen molar-refractivity contribution in [2.75, 3.05) is 0 Å². The van der Waals surface area contributed by atoms with Gasteiger partial charge in [0.2, 0.25) is 5.91 Å². The lowest BCUT2D eigenvalue weighted by Crippen LogP contribution is -2.58. The van der Waals surface area contributed by atoms with E-state index in [1.165, 1.54) is 0 Å². The normalized spacial score (nSPS) is 48.8. The van der Waals surface area contributed by atoms with Gasteiger partial charge in [0, 0.05) is 29.4 Å². The van der Waals surface area contributed by atoms with Crippen molar-refractivity contribution in [3.63, 3.8) is 0 Å². The molecule has 0 spiro atoms. The fourth-order valence-electron chi connectivity index (χ4n) is 6.78. The average molecular weight is 345 g/mol. The third-order valence-electron chi connectivity index (χ3n) is 7.89. The van der Waals surface area contributed by atoms with Crippen molar-refractivity contribution in [3.05, 3.63) is 11.8 Å². The second-order valence-corrected chi connectivity index (χ2v) is 9.23. The van der Waals surface area contributed by atoms with Crippen molar-refractivity contribution in [1.29, 1.82) is 0 Å². The molecule has 136 valence electrons. The lowest BCUT2D eigenvalue weighted by atomic mass is 9.48. The zero-order valence-electron chi connectivity index (χ0n) is 15.2. The van der Waals surface area contributed by atoms with E-state index in [0.717, 1.165) is 18.5 Å². The first kappa shape index (κ1) is 16.8. The Morgan fingerprint density at radius 1 is 1.28 bits per heavy atom. The topological polar surface area (TPSA) is 83.5 Å². The first-order valence-electron chi connectivity index (χ1n) is 9.45. The largest absolute Gasteiger partial charge is 0.481 e. The summed E-state index contributed by atoms with van der Waals surface area (Å²) < 4.78 is 0. The van der Waals surface area contributed by atoms with E-state index >= 15 is 0 Å². The number of Topliss-reactive ketones (excluding diaryl/α,β-unsaturated/α-hetero) is 1. The molecule has 4 rings (SSSR count). The molecule has 5 heteroatoms. The summed E-state index contributed by atoms with van der Waals surface area (Å²) in [6.45, 7) is 6.06. The van der Waals surface area contributed by atoms with Crippen molar-refractivity contribution in [3.8, 4) is 0 Å². The van der Waals surface area contributed by atoms with Gasteiger partial charge in [0.05, 0.1) is 5.92 Å². The van der Waals surface area contributed by atoms with E-state index in [9.17, 15) is 19.5 Å². The monoisotopic (exact) mass is 345 g/mol. The molecule has 0 radical (unpaired) electrons. The van der Waals surface area contributed by atoms with Crippen molar-refractivity contribution >= 4 is 17.7 Å². The molecule has 3 aliphatic carbocycles. The molecule has 0 aromatic heterocycles. The summed E-state index contributed by atoms with van der Waals surface area (Å²) in [4.78, 5) is 37.1. The highest BCUT2D eigenvalue weighted by molar-refractivity contribution is 5.88.